The monoisotopic (exact) mass is 330 g/mol. The van der Waals surface area contributed by atoms with Crippen molar-refractivity contribution in [1.29, 1.82) is 0 Å². The molecule has 1 aromatic carbocycles. The number of aryl methyl sites for hydroxylation is 1. The van der Waals surface area contributed by atoms with Crippen molar-refractivity contribution < 1.29 is 26.3 Å². The highest BCUT2D eigenvalue weighted by Gasteiger charge is 2.52. The molecule has 1 aromatic rings. The molecule has 0 saturated carbocycles. The lowest BCUT2D eigenvalue weighted by atomic mass is 9.76. The number of rotatable bonds is 3. The summed E-state index contributed by atoms with van der Waals surface area (Å²) in [6.07, 6.45) is 0. The molecule has 5 nitrogen and oxygen atoms in total. The Bertz CT molecular complexity index is 683. The van der Waals surface area contributed by atoms with Crippen molar-refractivity contribution in [2.45, 2.75) is 50.7 Å². The van der Waals surface area contributed by atoms with E-state index in [1.807, 2.05) is 27.7 Å². The normalized spacial score (nSPS) is 20.2. The van der Waals surface area contributed by atoms with Gasteiger partial charge in [-0.25, -0.2) is 0 Å². The van der Waals surface area contributed by atoms with Crippen molar-refractivity contribution in [2.24, 2.45) is 0 Å². The van der Waals surface area contributed by atoms with Gasteiger partial charge in [-0.05, 0) is 57.8 Å². The summed E-state index contributed by atoms with van der Waals surface area (Å²) in [7, 11) is -4.25. The highest BCUT2D eigenvalue weighted by Crippen LogP contribution is 2.37. The highest BCUT2D eigenvalue weighted by molar-refractivity contribution is 7.86. The van der Waals surface area contributed by atoms with Gasteiger partial charge in [0.2, 0.25) is 0 Å². The minimum atomic E-state index is -4.86. The molecule has 0 atom stereocenters. The van der Waals surface area contributed by atoms with E-state index in [2.05, 4.69) is 0 Å². The van der Waals surface area contributed by atoms with E-state index in [1.54, 1.807) is 6.92 Å². The topological polar surface area (TPSA) is 61.8 Å². The lowest BCUT2D eigenvalue weighted by Crippen LogP contribution is -2.41. The molecule has 1 fully saturated rings. The van der Waals surface area contributed by atoms with E-state index in [4.69, 9.17) is 14.0 Å². The molecule has 8 heteroatoms. The van der Waals surface area contributed by atoms with Crippen LogP contribution in [0, 0.1) is 6.92 Å². The van der Waals surface area contributed by atoms with E-state index in [1.165, 1.54) is 19.2 Å². The summed E-state index contributed by atoms with van der Waals surface area (Å²) in [5.74, 6) is -0.0715. The Morgan fingerprint density at radius 3 is 2.05 bits per heavy atom. The second-order valence-electron chi connectivity index (χ2n) is 6.39. The number of benzene rings is 1. The molecule has 1 saturated heterocycles. The maximum absolute atomic E-state index is 13.3. The van der Waals surface area contributed by atoms with Crippen LogP contribution in [0.25, 0.3) is 0 Å². The Kier molecular flexibility index (Phi) is 4.09. The smallest absolute Gasteiger partial charge is 0.495 e. The maximum Gasteiger partial charge on any atom is 0.495 e. The third kappa shape index (κ3) is 2.87. The van der Waals surface area contributed by atoms with E-state index in [0.29, 0.717) is 11.0 Å². The van der Waals surface area contributed by atoms with Gasteiger partial charge in [0, 0.05) is 0 Å². The summed E-state index contributed by atoms with van der Waals surface area (Å²) >= 11 is 0. The first-order valence-corrected chi connectivity index (χ1v) is 8.26. The molecule has 1 aliphatic heterocycles. The molecule has 0 radical (unpaired) electrons. The molecule has 1 heterocycles. The average Bonchev–Trinajstić information content (AvgIpc) is 2.56. The van der Waals surface area contributed by atoms with Crippen LogP contribution in [-0.4, -0.2) is 33.8 Å². The minimum Gasteiger partial charge on any atom is -0.495 e. The summed E-state index contributed by atoms with van der Waals surface area (Å²) in [6, 6.07) is 2.68. The zero-order chi connectivity index (χ0) is 16.9. The molecule has 0 amide bonds. The first kappa shape index (κ1) is 17.2. The SMILES string of the molecule is COc1cc(B2OC(C)(C)C(C)(C)O2)c(C)cc1S(=O)(=O)F. The van der Waals surface area contributed by atoms with Gasteiger partial charge < -0.3 is 14.0 Å². The van der Waals surface area contributed by atoms with Crippen LogP contribution in [0.1, 0.15) is 33.3 Å². The molecule has 0 unspecified atom stereocenters. The van der Waals surface area contributed by atoms with Crippen LogP contribution in [0.3, 0.4) is 0 Å². The number of hydrogen-bond acceptors (Lipinski definition) is 5. The lowest BCUT2D eigenvalue weighted by molar-refractivity contribution is 0.00578. The molecular weight excluding hydrogens is 310 g/mol. The van der Waals surface area contributed by atoms with Crippen LogP contribution >= 0.6 is 0 Å². The van der Waals surface area contributed by atoms with Gasteiger partial charge in [-0.3, -0.25) is 0 Å². The first-order valence-electron chi connectivity index (χ1n) is 6.88. The van der Waals surface area contributed by atoms with Crippen molar-refractivity contribution >= 4 is 22.8 Å². The fraction of sp³-hybridized carbons (Fsp3) is 0.571. The average molecular weight is 330 g/mol. The molecule has 2 rings (SSSR count). The predicted octanol–water partition coefficient (Wildman–Crippen LogP) is 1.96. The van der Waals surface area contributed by atoms with Crippen molar-refractivity contribution in [3.05, 3.63) is 17.7 Å². The Hall–Kier alpha value is -1.12. The summed E-state index contributed by atoms with van der Waals surface area (Å²) in [6.45, 7) is 9.34. The van der Waals surface area contributed by atoms with E-state index >= 15 is 0 Å². The number of halogens is 1. The zero-order valence-corrected chi connectivity index (χ0v) is 14.4. The minimum absolute atomic E-state index is 0.0715. The van der Waals surface area contributed by atoms with Crippen LogP contribution in [0.5, 0.6) is 5.75 Å². The summed E-state index contributed by atoms with van der Waals surface area (Å²) < 4.78 is 52.6. The van der Waals surface area contributed by atoms with Crippen molar-refractivity contribution in [2.75, 3.05) is 7.11 Å². The Morgan fingerprint density at radius 2 is 1.64 bits per heavy atom. The Labute approximate surface area is 131 Å². The van der Waals surface area contributed by atoms with Crippen LogP contribution in [0.15, 0.2) is 17.0 Å². The van der Waals surface area contributed by atoms with Crippen molar-refractivity contribution in [1.82, 2.24) is 0 Å². The third-order valence-electron chi connectivity index (χ3n) is 4.32. The van der Waals surface area contributed by atoms with Gasteiger partial charge in [0.25, 0.3) is 0 Å². The maximum atomic E-state index is 13.3. The van der Waals surface area contributed by atoms with Crippen LogP contribution in [0.2, 0.25) is 0 Å². The van der Waals surface area contributed by atoms with Crippen molar-refractivity contribution in [3.63, 3.8) is 0 Å². The molecule has 0 N–H and O–H groups in total. The molecule has 0 spiro atoms. The largest absolute Gasteiger partial charge is 0.495 e. The van der Waals surface area contributed by atoms with Gasteiger partial charge >= 0.3 is 17.3 Å². The summed E-state index contributed by atoms with van der Waals surface area (Å²) in [4.78, 5) is -0.493. The number of hydrogen-bond donors (Lipinski definition) is 0. The molecule has 1 aliphatic rings. The van der Waals surface area contributed by atoms with Gasteiger partial charge in [0.15, 0.2) is 0 Å². The number of ether oxygens (including phenoxy) is 1. The Balaban J connectivity index is 2.51. The van der Waals surface area contributed by atoms with Gasteiger partial charge in [-0.15, -0.1) is 3.89 Å². The van der Waals surface area contributed by atoms with E-state index in [-0.39, 0.29) is 5.75 Å². The zero-order valence-electron chi connectivity index (χ0n) is 13.6. The van der Waals surface area contributed by atoms with Gasteiger partial charge in [0.1, 0.15) is 10.6 Å². The van der Waals surface area contributed by atoms with Crippen LogP contribution in [0.4, 0.5) is 3.89 Å². The molecular formula is C14H20BFO5S. The fourth-order valence-corrected chi connectivity index (χ4v) is 2.95. The van der Waals surface area contributed by atoms with Gasteiger partial charge in [-0.1, -0.05) is 0 Å². The second-order valence-corrected chi connectivity index (χ2v) is 7.70. The Morgan fingerprint density at radius 1 is 1.14 bits per heavy atom. The van der Waals surface area contributed by atoms with Crippen LogP contribution < -0.4 is 10.2 Å². The molecule has 0 aliphatic carbocycles. The fourth-order valence-electron chi connectivity index (χ4n) is 2.25. The summed E-state index contributed by atoms with van der Waals surface area (Å²) in [5, 5.41) is 0. The molecule has 0 aromatic heterocycles. The quantitative estimate of drug-likeness (QED) is 0.626. The second kappa shape index (κ2) is 5.21. The molecule has 0 bridgehead atoms. The van der Waals surface area contributed by atoms with E-state index < -0.39 is 33.4 Å². The number of methoxy groups -OCH3 is 1. The van der Waals surface area contributed by atoms with Gasteiger partial charge in [-0.2, -0.15) is 8.42 Å². The molecule has 122 valence electrons. The van der Waals surface area contributed by atoms with Gasteiger partial charge in [0.05, 0.1) is 18.3 Å². The first-order chi connectivity index (χ1) is 9.89. The predicted molar refractivity (Wildman–Crippen MR) is 81.7 cm³/mol. The third-order valence-corrected chi connectivity index (χ3v) is 5.17. The van der Waals surface area contributed by atoms with Crippen LogP contribution in [-0.2, 0) is 19.5 Å². The highest BCUT2D eigenvalue weighted by atomic mass is 32.3. The van der Waals surface area contributed by atoms with Crippen molar-refractivity contribution in [3.8, 4) is 5.75 Å². The standard InChI is InChI=1S/C14H20BFO5S/c1-9-7-12(22(16,17)18)11(19-6)8-10(9)15-20-13(2,3)14(4,5)21-15/h7-8H,1-6H3. The molecule has 22 heavy (non-hydrogen) atoms. The van der Waals surface area contributed by atoms with E-state index in [0.717, 1.165) is 0 Å². The van der Waals surface area contributed by atoms with E-state index in [9.17, 15) is 12.3 Å². The lowest BCUT2D eigenvalue weighted by Gasteiger charge is -2.32. The summed E-state index contributed by atoms with van der Waals surface area (Å²) in [5.41, 5.74) is 0.114.